The molecule has 18 heavy (non-hydrogen) atoms. The zero-order chi connectivity index (χ0) is 13.3. The van der Waals surface area contributed by atoms with Crippen LogP contribution in [0, 0.1) is 11.8 Å². The van der Waals surface area contributed by atoms with E-state index in [-0.39, 0.29) is 0 Å². The van der Waals surface area contributed by atoms with Crippen LogP contribution in [-0.2, 0) is 0 Å². The molecule has 2 aliphatic rings. The summed E-state index contributed by atoms with van der Waals surface area (Å²) in [5.74, 6) is 1.62. The Morgan fingerprint density at radius 1 is 1.39 bits per heavy atom. The zero-order valence-corrected chi connectivity index (χ0v) is 12.6. The molecule has 1 N–H and O–H groups in total. The lowest BCUT2D eigenvalue weighted by molar-refractivity contribution is 0.0245. The Bertz CT molecular complexity index is 295. The summed E-state index contributed by atoms with van der Waals surface area (Å²) in [6.07, 6.45) is 6.00. The van der Waals surface area contributed by atoms with Gasteiger partial charge in [-0.1, -0.05) is 19.9 Å². The summed E-state index contributed by atoms with van der Waals surface area (Å²) in [6.45, 7) is 15.7. The fourth-order valence-electron chi connectivity index (χ4n) is 3.48. The van der Waals surface area contributed by atoms with Gasteiger partial charge in [-0.05, 0) is 44.9 Å². The van der Waals surface area contributed by atoms with Crippen molar-refractivity contribution in [2.75, 3.05) is 13.1 Å². The second-order valence-corrected chi connectivity index (χ2v) is 6.93. The van der Waals surface area contributed by atoms with E-state index in [1.165, 1.54) is 19.4 Å². The Balaban J connectivity index is 2.09. The van der Waals surface area contributed by atoms with Crippen molar-refractivity contribution in [1.29, 1.82) is 0 Å². The molecular formula is C16H30N2. The number of piperazine rings is 1. The van der Waals surface area contributed by atoms with Crippen molar-refractivity contribution in [3.05, 3.63) is 12.7 Å². The highest BCUT2D eigenvalue weighted by atomic mass is 15.3. The maximum Gasteiger partial charge on any atom is 0.0309 e. The lowest BCUT2D eigenvalue weighted by Crippen LogP contribution is -2.66. The molecule has 1 aliphatic heterocycles. The lowest BCUT2D eigenvalue weighted by Gasteiger charge is -2.50. The SMILES string of the molecule is C=CCC(C)N1CC(C)(C2CC2)NCC1C(C)C. The molecule has 0 aromatic heterocycles. The Morgan fingerprint density at radius 3 is 2.56 bits per heavy atom. The topological polar surface area (TPSA) is 15.3 Å². The summed E-state index contributed by atoms with van der Waals surface area (Å²) in [7, 11) is 0. The third kappa shape index (κ3) is 2.80. The molecular weight excluding hydrogens is 220 g/mol. The average molecular weight is 250 g/mol. The molecule has 0 bridgehead atoms. The maximum atomic E-state index is 3.91. The van der Waals surface area contributed by atoms with Gasteiger partial charge in [0.1, 0.15) is 0 Å². The molecule has 0 radical (unpaired) electrons. The van der Waals surface area contributed by atoms with Gasteiger partial charge >= 0.3 is 0 Å². The molecule has 1 saturated carbocycles. The fourth-order valence-corrected chi connectivity index (χ4v) is 3.48. The van der Waals surface area contributed by atoms with Crippen LogP contribution in [0.15, 0.2) is 12.7 Å². The molecule has 0 aromatic carbocycles. The van der Waals surface area contributed by atoms with Crippen molar-refractivity contribution >= 4 is 0 Å². The van der Waals surface area contributed by atoms with E-state index >= 15 is 0 Å². The van der Waals surface area contributed by atoms with Crippen molar-refractivity contribution in [3.8, 4) is 0 Å². The summed E-state index contributed by atoms with van der Waals surface area (Å²) in [4.78, 5) is 2.74. The molecule has 3 unspecified atom stereocenters. The highest BCUT2D eigenvalue weighted by Gasteiger charge is 2.47. The van der Waals surface area contributed by atoms with Crippen LogP contribution in [0.2, 0.25) is 0 Å². The van der Waals surface area contributed by atoms with Gasteiger partial charge in [0.15, 0.2) is 0 Å². The maximum absolute atomic E-state index is 3.91. The predicted octanol–water partition coefficient (Wildman–Crippen LogP) is 3.05. The Hall–Kier alpha value is -0.340. The minimum atomic E-state index is 0.348. The predicted molar refractivity (Wildman–Crippen MR) is 78.7 cm³/mol. The number of nitrogens with one attached hydrogen (secondary N) is 1. The van der Waals surface area contributed by atoms with Crippen molar-refractivity contribution in [2.24, 2.45) is 11.8 Å². The first-order chi connectivity index (χ1) is 8.48. The summed E-state index contributed by atoms with van der Waals surface area (Å²) >= 11 is 0. The van der Waals surface area contributed by atoms with Crippen LogP contribution in [-0.4, -0.2) is 35.6 Å². The van der Waals surface area contributed by atoms with Gasteiger partial charge in [0.2, 0.25) is 0 Å². The van der Waals surface area contributed by atoms with E-state index in [0.717, 1.165) is 18.9 Å². The van der Waals surface area contributed by atoms with Gasteiger partial charge in [0, 0.05) is 30.7 Å². The largest absolute Gasteiger partial charge is 0.308 e. The summed E-state index contributed by atoms with van der Waals surface area (Å²) in [5, 5.41) is 3.85. The van der Waals surface area contributed by atoms with E-state index in [1.54, 1.807) is 0 Å². The van der Waals surface area contributed by atoms with Gasteiger partial charge in [-0.3, -0.25) is 4.90 Å². The summed E-state index contributed by atoms with van der Waals surface area (Å²) in [5.41, 5.74) is 0.348. The van der Waals surface area contributed by atoms with Gasteiger partial charge in [0.05, 0.1) is 0 Å². The van der Waals surface area contributed by atoms with Gasteiger partial charge in [-0.2, -0.15) is 0 Å². The number of rotatable bonds is 5. The van der Waals surface area contributed by atoms with Crippen molar-refractivity contribution in [2.45, 2.75) is 64.6 Å². The molecule has 3 atom stereocenters. The normalized spacial score (nSPS) is 35.7. The van der Waals surface area contributed by atoms with E-state index in [4.69, 9.17) is 0 Å². The Kier molecular flexibility index (Phi) is 4.18. The van der Waals surface area contributed by atoms with Crippen LogP contribution in [0.4, 0.5) is 0 Å². The molecule has 2 rings (SSSR count). The first-order valence-corrected chi connectivity index (χ1v) is 7.59. The number of nitrogens with zero attached hydrogens (tertiary/aromatic N) is 1. The molecule has 0 spiro atoms. The molecule has 104 valence electrons. The third-order valence-corrected chi connectivity index (χ3v) is 4.97. The first-order valence-electron chi connectivity index (χ1n) is 7.59. The van der Waals surface area contributed by atoms with Gasteiger partial charge in [-0.25, -0.2) is 0 Å². The highest BCUT2D eigenvalue weighted by Crippen LogP contribution is 2.42. The van der Waals surface area contributed by atoms with Crippen LogP contribution in [0.3, 0.4) is 0 Å². The molecule has 2 heteroatoms. The quantitative estimate of drug-likeness (QED) is 0.755. The molecule has 1 aliphatic carbocycles. The summed E-state index contributed by atoms with van der Waals surface area (Å²) in [6, 6.07) is 1.29. The van der Waals surface area contributed by atoms with E-state index in [9.17, 15) is 0 Å². The molecule has 2 fully saturated rings. The van der Waals surface area contributed by atoms with Crippen LogP contribution >= 0.6 is 0 Å². The van der Waals surface area contributed by atoms with Crippen LogP contribution in [0.1, 0.15) is 47.0 Å². The lowest BCUT2D eigenvalue weighted by atomic mass is 9.87. The van der Waals surface area contributed by atoms with Crippen LogP contribution in [0.5, 0.6) is 0 Å². The minimum absolute atomic E-state index is 0.348. The Morgan fingerprint density at radius 2 is 2.06 bits per heavy atom. The van der Waals surface area contributed by atoms with Crippen molar-refractivity contribution in [1.82, 2.24) is 10.2 Å². The number of hydrogen-bond acceptors (Lipinski definition) is 2. The van der Waals surface area contributed by atoms with E-state index in [0.29, 0.717) is 23.5 Å². The zero-order valence-electron chi connectivity index (χ0n) is 12.6. The molecule has 0 amide bonds. The van der Waals surface area contributed by atoms with Crippen LogP contribution in [0.25, 0.3) is 0 Å². The number of hydrogen-bond donors (Lipinski definition) is 1. The smallest absolute Gasteiger partial charge is 0.0309 e. The van der Waals surface area contributed by atoms with E-state index in [2.05, 4.69) is 50.6 Å². The standard InChI is InChI=1S/C16H30N2/c1-6-7-13(4)18-11-16(5,14-8-9-14)17-10-15(18)12(2)3/h6,12-15,17H,1,7-11H2,2-5H3. The molecule has 2 nitrogen and oxygen atoms in total. The summed E-state index contributed by atoms with van der Waals surface area (Å²) < 4.78 is 0. The van der Waals surface area contributed by atoms with Crippen molar-refractivity contribution in [3.63, 3.8) is 0 Å². The Labute approximate surface area is 113 Å². The van der Waals surface area contributed by atoms with Gasteiger partial charge in [0.25, 0.3) is 0 Å². The fraction of sp³-hybridized carbons (Fsp3) is 0.875. The third-order valence-electron chi connectivity index (χ3n) is 4.97. The second-order valence-electron chi connectivity index (χ2n) is 6.93. The molecule has 1 saturated heterocycles. The minimum Gasteiger partial charge on any atom is -0.308 e. The van der Waals surface area contributed by atoms with E-state index < -0.39 is 0 Å². The van der Waals surface area contributed by atoms with Crippen LogP contribution < -0.4 is 5.32 Å². The van der Waals surface area contributed by atoms with E-state index in [1.807, 2.05) is 0 Å². The van der Waals surface area contributed by atoms with Crippen molar-refractivity contribution < 1.29 is 0 Å². The van der Waals surface area contributed by atoms with Gasteiger partial charge in [-0.15, -0.1) is 6.58 Å². The monoisotopic (exact) mass is 250 g/mol. The molecule has 0 aromatic rings. The first kappa shape index (κ1) is 14.1. The highest BCUT2D eigenvalue weighted by molar-refractivity contribution is 5.05. The second kappa shape index (κ2) is 5.34. The van der Waals surface area contributed by atoms with Gasteiger partial charge < -0.3 is 5.32 Å². The average Bonchev–Trinajstić information content (AvgIpc) is 3.12. The molecule has 1 heterocycles.